The van der Waals surface area contributed by atoms with Gasteiger partial charge in [-0.3, -0.25) is 4.18 Å². The molecule has 61 heavy (non-hydrogen) atoms. The predicted molar refractivity (Wildman–Crippen MR) is 222 cm³/mol. The molecule has 0 bridgehead atoms. The zero-order chi connectivity index (χ0) is 46.1. The summed E-state index contributed by atoms with van der Waals surface area (Å²) in [6.45, 7) is 12.7. The van der Waals surface area contributed by atoms with Gasteiger partial charge in [0.2, 0.25) is 0 Å². The number of rotatable bonds is 12. The fourth-order valence-corrected chi connectivity index (χ4v) is 6.17. The van der Waals surface area contributed by atoms with Crippen molar-refractivity contribution in [2.24, 2.45) is 0 Å². The first-order chi connectivity index (χ1) is 28.7. The number of alkyl halides is 2. The van der Waals surface area contributed by atoms with Crippen LogP contribution in [-0.2, 0) is 62.3 Å². The molecule has 2 heterocycles. The van der Waals surface area contributed by atoms with Crippen LogP contribution in [0.1, 0.15) is 58.2 Å². The fraction of sp³-hybridized carbons (Fsp3) is 0.395. The van der Waals surface area contributed by atoms with Crippen molar-refractivity contribution >= 4 is 56.4 Å². The highest BCUT2D eigenvalue weighted by molar-refractivity contribution is 7.86. The highest BCUT2D eigenvalue weighted by Crippen LogP contribution is 2.22. The lowest BCUT2D eigenvalue weighted by Crippen LogP contribution is -2.33. The second-order valence-electron chi connectivity index (χ2n) is 14.7. The minimum absolute atomic E-state index is 0.0524. The smallest absolute Gasteiger partial charge is 0.407 e. The van der Waals surface area contributed by atoms with E-state index in [2.05, 4.69) is 25.9 Å². The molecule has 0 atom stereocenters. The molecule has 332 valence electrons. The Morgan fingerprint density at radius 3 is 1.72 bits per heavy atom. The maximum Gasteiger partial charge on any atom is 0.407 e. The van der Waals surface area contributed by atoms with Crippen molar-refractivity contribution in [2.75, 3.05) is 33.0 Å². The zero-order valence-electron chi connectivity index (χ0n) is 35.3. The van der Waals surface area contributed by atoms with Gasteiger partial charge in [-0.1, -0.05) is 54.1 Å². The highest BCUT2D eigenvalue weighted by Gasteiger charge is 2.17. The van der Waals surface area contributed by atoms with E-state index in [1.165, 1.54) is 23.1 Å². The van der Waals surface area contributed by atoms with Gasteiger partial charge >= 0.3 is 24.5 Å². The number of aromatic amines is 1. The molecule has 0 saturated carbocycles. The van der Waals surface area contributed by atoms with E-state index in [9.17, 15) is 26.8 Å². The Bertz CT molecular complexity index is 2260. The number of alkyl carbamates (subject to hydrolysis) is 2. The molecule has 5 aromatic rings. The minimum Gasteiger partial charge on any atom is -0.444 e. The SMILES string of the molecule is CC(C)(C)OC(=O)NCCc1c[nH]c2ccccc12.CC(C)(C)OC(=O)NCCc1cn(CCF)c2ccccc12.Cc1ccc(S(=O)(=O)OCCF)cc1.O=C=O.O=C=O. The molecule has 0 aliphatic heterocycles. The number of nitrogens with zero attached hydrogens (tertiary/aromatic N) is 1. The quantitative estimate of drug-likeness (QED) is 0.105. The van der Waals surface area contributed by atoms with Crippen molar-refractivity contribution in [3.63, 3.8) is 0 Å². The molecule has 3 N–H and O–H groups in total. The average Bonchev–Trinajstić information content (AvgIpc) is 3.75. The van der Waals surface area contributed by atoms with Gasteiger partial charge < -0.3 is 29.7 Å². The van der Waals surface area contributed by atoms with Gasteiger partial charge in [0.05, 0.1) is 18.0 Å². The molecule has 0 aliphatic rings. The lowest BCUT2D eigenvalue weighted by atomic mass is 10.1. The molecule has 0 fully saturated rings. The Balaban J connectivity index is 0.000000437. The van der Waals surface area contributed by atoms with Gasteiger partial charge in [0.15, 0.2) is 0 Å². The first-order valence-corrected chi connectivity index (χ1v) is 20.3. The number of aryl methyl sites for hydroxylation is 2. The summed E-state index contributed by atoms with van der Waals surface area (Å²) in [4.78, 5) is 58.9. The van der Waals surface area contributed by atoms with Crippen molar-refractivity contribution < 1.29 is 59.6 Å². The fourth-order valence-electron chi connectivity index (χ4n) is 5.28. The molecule has 0 saturated heterocycles. The van der Waals surface area contributed by atoms with Gasteiger partial charge in [-0.2, -0.15) is 27.6 Å². The van der Waals surface area contributed by atoms with Crippen LogP contribution in [0.4, 0.5) is 18.4 Å². The van der Waals surface area contributed by atoms with E-state index < -0.39 is 47.4 Å². The lowest BCUT2D eigenvalue weighted by molar-refractivity contribution is -0.193. The molecule has 2 aromatic heterocycles. The predicted octanol–water partition coefficient (Wildman–Crippen LogP) is 7.42. The summed E-state index contributed by atoms with van der Waals surface area (Å²) in [5.74, 6) is 0. The number of halogens is 2. The van der Waals surface area contributed by atoms with Crippen LogP contribution in [0, 0.1) is 6.92 Å². The number of aromatic nitrogens is 2. The van der Waals surface area contributed by atoms with Crippen LogP contribution in [0.25, 0.3) is 21.8 Å². The molecule has 3 aromatic carbocycles. The van der Waals surface area contributed by atoms with Crippen LogP contribution in [-0.4, -0.2) is 86.7 Å². The number of carbonyl (C=O) groups excluding carboxylic acids is 6. The Kier molecular flexibility index (Phi) is 23.2. The highest BCUT2D eigenvalue weighted by atomic mass is 32.2. The summed E-state index contributed by atoms with van der Waals surface area (Å²) in [5.41, 5.74) is 4.44. The first-order valence-electron chi connectivity index (χ1n) is 18.9. The van der Waals surface area contributed by atoms with Gasteiger partial charge in [-0.05, 0) is 96.7 Å². The third-order valence-electron chi connectivity index (χ3n) is 7.62. The largest absolute Gasteiger partial charge is 0.444 e. The minimum atomic E-state index is -3.78. The summed E-state index contributed by atoms with van der Waals surface area (Å²) >= 11 is 0. The van der Waals surface area contributed by atoms with Crippen LogP contribution < -0.4 is 10.6 Å². The van der Waals surface area contributed by atoms with Crippen molar-refractivity contribution in [2.45, 2.75) is 84.0 Å². The normalized spacial score (nSPS) is 10.7. The zero-order valence-corrected chi connectivity index (χ0v) is 36.2. The number of nitrogens with one attached hydrogen (secondary N) is 3. The van der Waals surface area contributed by atoms with Crippen LogP contribution in [0.5, 0.6) is 0 Å². The van der Waals surface area contributed by atoms with Crippen LogP contribution in [0.15, 0.2) is 90.1 Å². The first kappa shape index (κ1) is 52.8. The summed E-state index contributed by atoms with van der Waals surface area (Å²) in [6, 6.07) is 22.2. The Morgan fingerprint density at radius 1 is 0.721 bits per heavy atom. The number of amides is 2. The van der Waals surface area contributed by atoms with E-state index >= 15 is 0 Å². The number of benzene rings is 3. The van der Waals surface area contributed by atoms with Crippen molar-refractivity contribution in [3.8, 4) is 0 Å². The molecule has 0 spiro atoms. The molecule has 0 radical (unpaired) electrons. The molecule has 0 unspecified atom stereocenters. The van der Waals surface area contributed by atoms with Crippen LogP contribution in [0.2, 0.25) is 0 Å². The molecule has 0 aliphatic carbocycles. The van der Waals surface area contributed by atoms with E-state index in [1.54, 1.807) is 12.1 Å². The number of carbonyl (C=O) groups is 2. The summed E-state index contributed by atoms with van der Waals surface area (Å²) in [7, 11) is -3.78. The third kappa shape index (κ3) is 21.1. The van der Waals surface area contributed by atoms with Gasteiger partial charge in [0, 0.05) is 47.3 Å². The van der Waals surface area contributed by atoms with E-state index in [4.69, 9.17) is 28.7 Å². The molecule has 2 amide bonds. The summed E-state index contributed by atoms with van der Waals surface area (Å²) < 4.78 is 63.7. The topological polar surface area (TPSA) is 209 Å². The summed E-state index contributed by atoms with van der Waals surface area (Å²) in [5, 5.41) is 7.82. The summed E-state index contributed by atoms with van der Waals surface area (Å²) in [6.07, 6.45) is 5.12. The number of fused-ring (bicyclic) bond motifs is 2. The molecule has 5 rings (SSSR count). The maximum absolute atomic E-state index is 12.6. The molecular formula is C43H54F2N4O11S. The second kappa shape index (κ2) is 26.8. The van der Waals surface area contributed by atoms with E-state index in [1.807, 2.05) is 108 Å². The van der Waals surface area contributed by atoms with E-state index in [0.717, 1.165) is 34.0 Å². The molecule has 18 heteroatoms. The van der Waals surface area contributed by atoms with Crippen LogP contribution >= 0.6 is 0 Å². The third-order valence-corrected chi connectivity index (χ3v) is 8.95. The van der Waals surface area contributed by atoms with E-state index in [-0.39, 0.29) is 23.3 Å². The van der Waals surface area contributed by atoms with Gasteiger partial charge in [-0.25, -0.2) is 18.4 Å². The number of ether oxygens (including phenoxy) is 2. The number of hydrogen-bond donors (Lipinski definition) is 3. The monoisotopic (exact) mass is 872 g/mol. The lowest BCUT2D eigenvalue weighted by Gasteiger charge is -2.19. The maximum atomic E-state index is 12.6. The Hall–Kier alpha value is -6.19. The van der Waals surface area contributed by atoms with Crippen molar-refractivity contribution in [3.05, 3.63) is 102 Å². The van der Waals surface area contributed by atoms with Crippen molar-refractivity contribution in [1.82, 2.24) is 20.2 Å². The standard InChI is InChI=1S/C17H23FN2O2.C15H20N2O2.C9H11FO3S.2CO2/c1-17(2,3)22-16(21)19-10-8-13-12-20(11-9-18)15-7-5-4-6-14(13)15;1-15(2,3)19-14(18)16-9-8-11-10-17-13-7-5-4-6-12(11)13;1-8-2-4-9(5-3-8)14(11,12)13-7-6-10;2*2-1-3/h4-7,12H,8-11H2,1-3H3,(H,19,21);4-7,10,17H,8-9H2,1-3H3,(H,16,18);2-5H,6-7H2,1H3;;. The number of H-pyrrole nitrogens is 1. The Labute approximate surface area is 354 Å². The van der Waals surface area contributed by atoms with Gasteiger partial charge in [-0.15, -0.1) is 0 Å². The molecule has 15 nitrogen and oxygen atoms in total. The van der Waals surface area contributed by atoms with Gasteiger partial charge in [0.25, 0.3) is 10.1 Å². The number of hydrogen-bond acceptors (Lipinski definition) is 11. The van der Waals surface area contributed by atoms with Crippen molar-refractivity contribution in [1.29, 1.82) is 0 Å². The number of para-hydroxylation sites is 2. The van der Waals surface area contributed by atoms with Gasteiger partial charge in [0.1, 0.15) is 24.6 Å². The van der Waals surface area contributed by atoms with E-state index in [0.29, 0.717) is 26.1 Å². The second-order valence-corrected chi connectivity index (χ2v) is 16.3. The average molecular weight is 873 g/mol. The van der Waals surface area contributed by atoms with Crippen LogP contribution in [0.3, 0.4) is 0 Å². The Morgan fingerprint density at radius 2 is 1.21 bits per heavy atom. The molecular weight excluding hydrogens is 819 g/mol.